The van der Waals surface area contributed by atoms with Crippen LogP contribution in [0.15, 0.2) is 24.3 Å². The van der Waals surface area contributed by atoms with Crippen LogP contribution in [0.1, 0.15) is 26.2 Å². The Morgan fingerprint density at radius 3 is 2.81 bits per heavy atom. The molecule has 2 amide bonds. The zero-order valence-electron chi connectivity index (χ0n) is 11.8. The minimum Gasteiger partial charge on any atom is -0.326 e. The maximum atomic E-state index is 12.0. The number of anilines is 2. The molecule has 1 N–H and O–H groups in total. The fourth-order valence-electron chi connectivity index (χ4n) is 2.31. The van der Waals surface area contributed by atoms with Crippen molar-refractivity contribution in [2.24, 2.45) is 5.92 Å². The first-order valence-corrected chi connectivity index (χ1v) is 7.28. The molecule has 2 rings (SSSR count). The van der Waals surface area contributed by atoms with Crippen molar-refractivity contribution in [2.75, 3.05) is 16.8 Å². The van der Waals surface area contributed by atoms with Gasteiger partial charge in [-0.15, -0.1) is 0 Å². The SMILES string of the molecule is CCCC(=O)Nc1cccc(N2C[C@@H](C(=O)Cl)CC2=O)c1. The lowest BCUT2D eigenvalue weighted by Crippen LogP contribution is -2.25. The van der Waals surface area contributed by atoms with Crippen molar-refractivity contribution in [3.63, 3.8) is 0 Å². The van der Waals surface area contributed by atoms with Crippen molar-refractivity contribution < 1.29 is 14.4 Å². The molecular weight excluding hydrogens is 292 g/mol. The van der Waals surface area contributed by atoms with Crippen molar-refractivity contribution in [3.8, 4) is 0 Å². The molecule has 5 nitrogen and oxygen atoms in total. The number of nitrogens with zero attached hydrogens (tertiary/aromatic N) is 1. The molecule has 1 aliphatic rings. The molecule has 112 valence electrons. The fraction of sp³-hybridized carbons (Fsp3) is 0.400. The molecule has 0 saturated carbocycles. The number of benzene rings is 1. The molecule has 21 heavy (non-hydrogen) atoms. The van der Waals surface area contributed by atoms with Gasteiger partial charge in [-0.3, -0.25) is 14.4 Å². The minimum atomic E-state index is -0.488. The Balaban J connectivity index is 2.12. The number of nitrogens with one attached hydrogen (secondary N) is 1. The van der Waals surface area contributed by atoms with Crippen LogP contribution in [-0.2, 0) is 14.4 Å². The molecule has 1 saturated heterocycles. The Morgan fingerprint density at radius 2 is 2.19 bits per heavy atom. The van der Waals surface area contributed by atoms with Gasteiger partial charge >= 0.3 is 0 Å². The molecule has 0 spiro atoms. The average molecular weight is 309 g/mol. The van der Waals surface area contributed by atoms with E-state index in [9.17, 15) is 14.4 Å². The second kappa shape index (κ2) is 6.72. The van der Waals surface area contributed by atoms with Crippen LogP contribution >= 0.6 is 11.6 Å². The molecule has 1 atom stereocenters. The third kappa shape index (κ3) is 3.82. The fourth-order valence-corrected chi connectivity index (χ4v) is 2.46. The summed E-state index contributed by atoms with van der Waals surface area (Å²) in [4.78, 5) is 36.3. The molecule has 0 unspecified atom stereocenters. The highest BCUT2D eigenvalue weighted by atomic mass is 35.5. The van der Waals surface area contributed by atoms with E-state index in [1.54, 1.807) is 24.3 Å². The van der Waals surface area contributed by atoms with E-state index in [2.05, 4.69) is 5.32 Å². The Hall–Kier alpha value is -1.88. The summed E-state index contributed by atoms with van der Waals surface area (Å²) in [7, 11) is 0. The second-order valence-electron chi connectivity index (χ2n) is 5.06. The topological polar surface area (TPSA) is 66.5 Å². The highest BCUT2D eigenvalue weighted by Crippen LogP contribution is 2.28. The maximum Gasteiger partial charge on any atom is 0.227 e. The van der Waals surface area contributed by atoms with Gasteiger partial charge in [0.1, 0.15) is 0 Å². The van der Waals surface area contributed by atoms with Gasteiger partial charge in [0, 0.05) is 30.8 Å². The molecule has 0 aliphatic carbocycles. The lowest BCUT2D eigenvalue weighted by atomic mass is 10.1. The highest BCUT2D eigenvalue weighted by molar-refractivity contribution is 6.64. The molecule has 0 bridgehead atoms. The van der Waals surface area contributed by atoms with Crippen LogP contribution in [0.4, 0.5) is 11.4 Å². The number of carbonyl (C=O) groups excluding carboxylic acids is 3. The summed E-state index contributed by atoms with van der Waals surface area (Å²) >= 11 is 5.46. The van der Waals surface area contributed by atoms with Gasteiger partial charge in [-0.2, -0.15) is 0 Å². The standard InChI is InChI=1S/C15H17ClN2O3/c1-2-4-13(19)17-11-5-3-6-12(8-11)18-9-10(15(16)21)7-14(18)20/h3,5-6,8,10H,2,4,7,9H2,1H3,(H,17,19)/t10-/m0/s1. The quantitative estimate of drug-likeness (QED) is 0.850. The first kappa shape index (κ1) is 15.5. The first-order chi connectivity index (χ1) is 10.0. The lowest BCUT2D eigenvalue weighted by molar-refractivity contribution is -0.120. The third-order valence-electron chi connectivity index (χ3n) is 3.36. The van der Waals surface area contributed by atoms with E-state index in [4.69, 9.17) is 11.6 Å². The number of hydrogen-bond acceptors (Lipinski definition) is 3. The molecule has 6 heteroatoms. The van der Waals surface area contributed by atoms with Crippen LogP contribution in [0.3, 0.4) is 0 Å². The van der Waals surface area contributed by atoms with Crippen molar-refractivity contribution in [1.29, 1.82) is 0 Å². The van der Waals surface area contributed by atoms with E-state index in [1.165, 1.54) is 4.90 Å². The van der Waals surface area contributed by atoms with Crippen LogP contribution in [-0.4, -0.2) is 23.6 Å². The largest absolute Gasteiger partial charge is 0.326 e. The van der Waals surface area contributed by atoms with Crippen molar-refractivity contribution in [2.45, 2.75) is 26.2 Å². The van der Waals surface area contributed by atoms with Gasteiger partial charge in [0.25, 0.3) is 0 Å². The molecule has 0 radical (unpaired) electrons. The second-order valence-corrected chi connectivity index (χ2v) is 5.43. The van der Waals surface area contributed by atoms with Crippen LogP contribution < -0.4 is 10.2 Å². The number of amides is 2. The molecule has 1 heterocycles. The molecule has 0 aromatic heterocycles. The summed E-state index contributed by atoms with van der Waals surface area (Å²) in [6, 6.07) is 7.03. The number of rotatable bonds is 5. The maximum absolute atomic E-state index is 12.0. The number of halogens is 1. The van der Waals surface area contributed by atoms with Crippen molar-refractivity contribution >= 4 is 40.0 Å². The van der Waals surface area contributed by atoms with Crippen LogP contribution in [0.5, 0.6) is 0 Å². The average Bonchev–Trinajstić information content (AvgIpc) is 2.81. The van der Waals surface area contributed by atoms with Gasteiger partial charge in [-0.25, -0.2) is 0 Å². The number of hydrogen-bond donors (Lipinski definition) is 1. The van der Waals surface area contributed by atoms with Gasteiger partial charge in [0.2, 0.25) is 17.1 Å². The molecule has 1 aliphatic heterocycles. The van der Waals surface area contributed by atoms with Gasteiger partial charge in [0.05, 0.1) is 5.92 Å². The van der Waals surface area contributed by atoms with E-state index in [0.717, 1.165) is 6.42 Å². The smallest absolute Gasteiger partial charge is 0.227 e. The summed E-state index contributed by atoms with van der Waals surface area (Å²) in [5.41, 5.74) is 1.30. The Morgan fingerprint density at radius 1 is 1.43 bits per heavy atom. The predicted octanol–water partition coefficient (Wildman–Crippen LogP) is 2.54. The third-order valence-corrected chi connectivity index (χ3v) is 3.67. The van der Waals surface area contributed by atoms with Crippen LogP contribution in [0, 0.1) is 5.92 Å². The number of carbonyl (C=O) groups is 3. The van der Waals surface area contributed by atoms with Gasteiger partial charge < -0.3 is 10.2 Å². The molecule has 1 aromatic carbocycles. The van der Waals surface area contributed by atoms with Crippen molar-refractivity contribution in [1.82, 2.24) is 0 Å². The van der Waals surface area contributed by atoms with Gasteiger partial charge in [-0.1, -0.05) is 13.0 Å². The summed E-state index contributed by atoms with van der Waals surface area (Å²) in [6.07, 6.45) is 1.36. The Bertz CT molecular complexity index is 574. The lowest BCUT2D eigenvalue weighted by Gasteiger charge is -2.17. The highest BCUT2D eigenvalue weighted by Gasteiger charge is 2.34. The summed E-state index contributed by atoms with van der Waals surface area (Å²) in [6.45, 7) is 2.22. The van der Waals surface area contributed by atoms with Crippen LogP contribution in [0.2, 0.25) is 0 Å². The van der Waals surface area contributed by atoms with E-state index < -0.39 is 11.2 Å². The Kier molecular flexibility index (Phi) is 4.96. The van der Waals surface area contributed by atoms with Crippen LogP contribution in [0.25, 0.3) is 0 Å². The molecule has 1 aromatic rings. The zero-order chi connectivity index (χ0) is 15.4. The molecule has 1 fully saturated rings. The van der Waals surface area contributed by atoms with E-state index in [1.807, 2.05) is 6.92 Å². The summed E-state index contributed by atoms with van der Waals surface area (Å²) in [5, 5.41) is 2.30. The van der Waals surface area contributed by atoms with E-state index in [-0.39, 0.29) is 24.8 Å². The zero-order valence-corrected chi connectivity index (χ0v) is 12.5. The first-order valence-electron chi connectivity index (χ1n) is 6.91. The van der Waals surface area contributed by atoms with Gasteiger partial charge in [0.15, 0.2) is 0 Å². The normalized spacial score (nSPS) is 17.9. The summed E-state index contributed by atoms with van der Waals surface area (Å²) < 4.78 is 0. The molecular formula is C15H17ClN2O3. The van der Waals surface area contributed by atoms with E-state index in [0.29, 0.717) is 17.8 Å². The van der Waals surface area contributed by atoms with Crippen molar-refractivity contribution in [3.05, 3.63) is 24.3 Å². The minimum absolute atomic E-state index is 0.0591. The predicted molar refractivity (Wildman–Crippen MR) is 81.3 cm³/mol. The van der Waals surface area contributed by atoms with Gasteiger partial charge in [-0.05, 0) is 36.2 Å². The summed E-state index contributed by atoms with van der Waals surface area (Å²) in [5.74, 6) is -0.653. The monoisotopic (exact) mass is 308 g/mol. The van der Waals surface area contributed by atoms with E-state index >= 15 is 0 Å². The Labute approximate surface area is 128 Å².